The number of ether oxygens (including phenoxy) is 2. The van der Waals surface area contributed by atoms with Crippen LogP contribution in [0, 0.1) is 5.82 Å². The van der Waals surface area contributed by atoms with Crippen LogP contribution in [-0.4, -0.2) is 11.9 Å². The summed E-state index contributed by atoms with van der Waals surface area (Å²) < 4.78 is 24.1. The SMILES string of the molecule is OC(Cc1ccc(F)c(Br)c1)c1cc(Cl)c2c(c1)OCO2. The molecule has 6 heteroatoms. The zero-order valence-corrected chi connectivity index (χ0v) is 13.1. The van der Waals surface area contributed by atoms with Crippen LogP contribution >= 0.6 is 27.5 Å². The second kappa shape index (κ2) is 5.83. The van der Waals surface area contributed by atoms with Crippen molar-refractivity contribution in [1.82, 2.24) is 0 Å². The Hall–Kier alpha value is -1.30. The molecule has 0 radical (unpaired) electrons. The van der Waals surface area contributed by atoms with Crippen molar-refractivity contribution in [3.05, 3.63) is 56.8 Å². The van der Waals surface area contributed by atoms with Crippen molar-refractivity contribution in [3.63, 3.8) is 0 Å². The molecule has 1 N–H and O–H groups in total. The van der Waals surface area contributed by atoms with Crippen LogP contribution in [-0.2, 0) is 6.42 Å². The number of fused-ring (bicyclic) bond motifs is 1. The molecule has 1 aliphatic rings. The smallest absolute Gasteiger partial charge is 0.231 e. The Morgan fingerprint density at radius 1 is 1.29 bits per heavy atom. The molecule has 1 heterocycles. The number of benzene rings is 2. The second-order valence-electron chi connectivity index (χ2n) is 4.70. The zero-order valence-electron chi connectivity index (χ0n) is 10.8. The van der Waals surface area contributed by atoms with E-state index in [1.807, 2.05) is 0 Å². The van der Waals surface area contributed by atoms with Gasteiger partial charge in [-0.1, -0.05) is 17.7 Å². The molecule has 0 spiro atoms. The van der Waals surface area contributed by atoms with Crippen LogP contribution in [0.2, 0.25) is 5.02 Å². The van der Waals surface area contributed by atoms with Crippen LogP contribution in [0.5, 0.6) is 11.5 Å². The van der Waals surface area contributed by atoms with Gasteiger partial charge in [0.1, 0.15) is 5.82 Å². The quantitative estimate of drug-likeness (QED) is 0.874. The third kappa shape index (κ3) is 3.00. The molecule has 0 aromatic heterocycles. The Morgan fingerprint density at radius 2 is 2.10 bits per heavy atom. The van der Waals surface area contributed by atoms with Crippen molar-refractivity contribution in [2.75, 3.05) is 6.79 Å². The van der Waals surface area contributed by atoms with Crippen molar-refractivity contribution in [1.29, 1.82) is 0 Å². The molecule has 0 fully saturated rings. The van der Waals surface area contributed by atoms with Crippen LogP contribution in [0.25, 0.3) is 0 Å². The fraction of sp³-hybridized carbons (Fsp3) is 0.200. The summed E-state index contributed by atoms with van der Waals surface area (Å²) in [5.41, 5.74) is 1.44. The predicted octanol–water partition coefficient (Wildman–Crippen LogP) is 4.25. The molecule has 110 valence electrons. The van der Waals surface area contributed by atoms with Gasteiger partial charge in [0.2, 0.25) is 6.79 Å². The van der Waals surface area contributed by atoms with Gasteiger partial charge < -0.3 is 14.6 Å². The lowest BCUT2D eigenvalue weighted by atomic mass is 10.0. The van der Waals surface area contributed by atoms with Crippen molar-refractivity contribution in [3.8, 4) is 11.5 Å². The van der Waals surface area contributed by atoms with Crippen LogP contribution < -0.4 is 9.47 Å². The average Bonchev–Trinajstić information content (AvgIpc) is 2.92. The van der Waals surface area contributed by atoms with E-state index in [0.29, 0.717) is 33.0 Å². The molecule has 0 bridgehead atoms. The molecule has 1 atom stereocenters. The fourth-order valence-electron chi connectivity index (χ4n) is 2.19. The molecule has 21 heavy (non-hydrogen) atoms. The standard InChI is InChI=1S/C15H11BrClFO3/c16-10-3-8(1-2-12(10)18)4-13(19)9-5-11(17)15-14(6-9)20-7-21-15/h1-3,5-6,13,19H,4,7H2. The summed E-state index contributed by atoms with van der Waals surface area (Å²) >= 11 is 9.22. The summed E-state index contributed by atoms with van der Waals surface area (Å²) in [7, 11) is 0. The van der Waals surface area contributed by atoms with Gasteiger partial charge in [-0.25, -0.2) is 4.39 Å². The van der Waals surface area contributed by atoms with Gasteiger partial charge in [0.05, 0.1) is 15.6 Å². The zero-order chi connectivity index (χ0) is 15.0. The molecule has 0 aliphatic carbocycles. The first-order chi connectivity index (χ1) is 10.0. The van der Waals surface area contributed by atoms with Crippen LogP contribution in [0.1, 0.15) is 17.2 Å². The topological polar surface area (TPSA) is 38.7 Å². The predicted molar refractivity (Wildman–Crippen MR) is 80.3 cm³/mol. The third-order valence-electron chi connectivity index (χ3n) is 3.25. The molecule has 0 saturated carbocycles. The number of aliphatic hydroxyl groups excluding tert-OH is 1. The third-order valence-corrected chi connectivity index (χ3v) is 4.14. The number of hydrogen-bond donors (Lipinski definition) is 1. The number of rotatable bonds is 3. The maximum Gasteiger partial charge on any atom is 0.231 e. The minimum Gasteiger partial charge on any atom is -0.454 e. The van der Waals surface area contributed by atoms with Gasteiger partial charge in [-0.15, -0.1) is 0 Å². The maximum atomic E-state index is 13.2. The summed E-state index contributed by atoms with van der Waals surface area (Å²) in [4.78, 5) is 0. The van der Waals surface area contributed by atoms with Crippen molar-refractivity contribution in [2.24, 2.45) is 0 Å². The highest BCUT2D eigenvalue weighted by atomic mass is 79.9. The second-order valence-corrected chi connectivity index (χ2v) is 5.97. The average molecular weight is 374 g/mol. The Bertz CT molecular complexity index is 693. The van der Waals surface area contributed by atoms with E-state index in [1.54, 1.807) is 24.3 Å². The lowest BCUT2D eigenvalue weighted by Gasteiger charge is -2.13. The molecule has 0 amide bonds. The number of halogens is 3. The van der Waals surface area contributed by atoms with Gasteiger partial charge in [-0.3, -0.25) is 0 Å². The van der Waals surface area contributed by atoms with Crippen LogP contribution in [0.4, 0.5) is 4.39 Å². The normalized spacial score (nSPS) is 14.3. The van der Waals surface area contributed by atoms with Crippen molar-refractivity contribution >= 4 is 27.5 Å². The molecule has 3 nitrogen and oxygen atoms in total. The van der Waals surface area contributed by atoms with Gasteiger partial charge in [0.25, 0.3) is 0 Å². The minimum absolute atomic E-state index is 0.125. The lowest BCUT2D eigenvalue weighted by Crippen LogP contribution is -2.02. The summed E-state index contributed by atoms with van der Waals surface area (Å²) in [6, 6.07) is 8.00. The largest absolute Gasteiger partial charge is 0.454 e. The molecule has 0 saturated heterocycles. The summed E-state index contributed by atoms with van der Waals surface area (Å²) in [6.07, 6.45) is -0.427. The molecule has 2 aromatic carbocycles. The summed E-state index contributed by atoms with van der Waals surface area (Å²) in [6.45, 7) is 0.125. The lowest BCUT2D eigenvalue weighted by molar-refractivity contribution is 0.171. The van der Waals surface area contributed by atoms with Gasteiger partial charge in [-0.05, 0) is 51.3 Å². The van der Waals surface area contributed by atoms with Gasteiger partial charge in [-0.2, -0.15) is 0 Å². The van der Waals surface area contributed by atoms with Crippen LogP contribution in [0.15, 0.2) is 34.8 Å². The van der Waals surface area contributed by atoms with E-state index < -0.39 is 6.10 Å². The van der Waals surface area contributed by atoms with E-state index in [9.17, 15) is 9.50 Å². The fourth-order valence-corrected chi connectivity index (χ4v) is 2.89. The van der Waals surface area contributed by atoms with Crippen molar-refractivity contribution in [2.45, 2.75) is 12.5 Å². The molecular formula is C15H11BrClFO3. The summed E-state index contributed by atoms with van der Waals surface area (Å²) in [5.74, 6) is 0.688. The Labute approximate surface area is 134 Å². The minimum atomic E-state index is -0.769. The Kier molecular flexibility index (Phi) is 4.06. The highest BCUT2D eigenvalue weighted by Gasteiger charge is 2.21. The maximum absolute atomic E-state index is 13.2. The van der Waals surface area contributed by atoms with E-state index in [4.69, 9.17) is 21.1 Å². The van der Waals surface area contributed by atoms with Gasteiger partial charge in [0, 0.05) is 6.42 Å². The van der Waals surface area contributed by atoms with Gasteiger partial charge in [0.15, 0.2) is 11.5 Å². The van der Waals surface area contributed by atoms with Crippen LogP contribution in [0.3, 0.4) is 0 Å². The number of hydrogen-bond acceptors (Lipinski definition) is 3. The Morgan fingerprint density at radius 3 is 2.86 bits per heavy atom. The van der Waals surface area contributed by atoms with Crippen molar-refractivity contribution < 1.29 is 19.0 Å². The first-order valence-corrected chi connectivity index (χ1v) is 7.42. The van der Waals surface area contributed by atoms with E-state index in [0.717, 1.165) is 5.56 Å². The molecule has 1 aliphatic heterocycles. The first-order valence-electron chi connectivity index (χ1n) is 6.25. The molecule has 3 rings (SSSR count). The Balaban J connectivity index is 1.83. The highest BCUT2D eigenvalue weighted by molar-refractivity contribution is 9.10. The van der Waals surface area contributed by atoms with E-state index in [-0.39, 0.29) is 12.6 Å². The van der Waals surface area contributed by atoms with E-state index in [1.165, 1.54) is 6.07 Å². The molecule has 1 unspecified atom stereocenters. The monoisotopic (exact) mass is 372 g/mol. The van der Waals surface area contributed by atoms with Gasteiger partial charge >= 0.3 is 0 Å². The summed E-state index contributed by atoms with van der Waals surface area (Å²) in [5, 5.41) is 10.7. The first kappa shape index (κ1) is 14.6. The number of aliphatic hydroxyl groups is 1. The van der Waals surface area contributed by atoms with E-state index in [2.05, 4.69) is 15.9 Å². The highest BCUT2D eigenvalue weighted by Crippen LogP contribution is 2.41. The van der Waals surface area contributed by atoms with E-state index >= 15 is 0 Å². The molecule has 2 aromatic rings. The molecular weight excluding hydrogens is 363 g/mol.